The molecule has 1 aliphatic carbocycles. The molecule has 90 valence electrons. The molecule has 5 nitrogen and oxygen atoms in total. The van der Waals surface area contributed by atoms with Gasteiger partial charge in [0.25, 0.3) is 5.91 Å². The summed E-state index contributed by atoms with van der Waals surface area (Å²) in [5.74, 6) is 0.258. The lowest BCUT2D eigenvalue weighted by atomic mass is 10.2. The number of amides is 1. The van der Waals surface area contributed by atoms with Crippen LogP contribution in [0, 0.1) is 0 Å². The fourth-order valence-corrected chi connectivity index (χ4v) is 2.43. The van der Waals surface area contributed by atoms with Crippen molar-refractivity contribution in [2.45, 2.75) is 31.3 Å². The highest BCUT2D eigenvalue weighted by atomic mass is 16.5. The van der Waals surface area contributed by atoms with E-state index in [1.165, 1.54) is 12.8 Å². The zero-order valence-corrected chi connectivity index (χ0v) is 9.52. The summed E-state index contributed by atoms with van der Waals surface area (Å²) in [5.41, 5.74) is 0. The van der Waals surface area contributed by atoms with E-state index in [1.807, 2.05) is 5.01 Å². The standard InChI is InChI=1S/C11H19N3O2/c15-11-10(12-9-1-2-9)3-4-14(11)13-5-7-16-8-6-13/h9-10,12H,1-8H2. The van der Waals surface area contributed by atoms with E-state index >= 15 is 0 Å². The third-order valence-electron chi connectivity index (χ3n) is 3.53. The molecule has 0 radical (unpaired) electrons. The van der Waals surface area contributed by atoms with Crippen LogP contribution < -0.4 is 5.32 Å². The number of rotatable bonds is 3. The first-order chi connectivity index (χ1) is 7.84. The lowest BCUT2D eigenvalue weighted by Crippen LogP contribution is -2.51. The smallest absolute Gasteiger partial charge is 0.254 e. The Morgan fingerprint density at radius 1 is 1.12 bits per heavy atom. The maximum Gasteiger partial charge on any atom is 0.254 e. The van der Waals surface area contributed by atoms with Crippen LogP contribution in [0.4, 0.5) is 0 Å². The van der Waals surface area contributed by atoms with Crippen molar-refractivity contribution in [2.24, 2.45) is 0 Å². The molecule has 2 heterocycles. The van der Waals surface area contributed by atoms with E-state index in [0.717, 1.165) is 39.3 Å². The van der Waals surface area contributed by atoms with Gasteiger partial charge >= 0.3 is 0 Å². The molecular weight excluding hydrogens is 206 g/mol. The predicted molar refractivity (Wildman–Crippen MR) is 58.7 cm³/mol. The minimum absolute atomic E-state index is 0.0651. The van der Waals surface area contributed by atoms with E-state index in [-0.39, 0.29) is 11.9 Å². The molecular formula is C11H19N3O2. The molecule has 1 saturated carbocycles. The van der Waals surface area contributed by atoms with Gasteiger partial charge in [-0.1, -0.05) is 0 Å². The first kappa shape index (κ1) is 10.5. The maximum atomic E-state index is 12.1. The fraction of sp³-hybridized carbons (Fsp3) is 0.909. The molecule has 0 aromatic heterocycles. The van der Waals surface area contributed by atoms with Gasteiger partial charge in [-0.25, -0.2) is 5.01 Å². The molecule has 3 aliphatic rings. The zero-order chi connectivity index (χ0) is 11.0. The summed E-state index contributed by atoms with van der Waals surface area (Å²) in [5, 5.41) is 7.48. The monoisotopic (exact) mass is 225 g/mol. The number of carbonyl (C=O) groups excluding carboxylic acids is 1. The summed E-state index contributed by atoms with van der Waals surface area (Å²) in [6, 6.07) is 0.675. The third-order valence-corrected chi connectivity index (χ3v) is 3.53. The van der Waals surface area contributed by atoms with Crippen molar-refractivity contribution < 1.29 is 9.53 Å². The second-order valence-corrected chi connectivity index (χ2v) is 4.81. The Balaban J connectivity index is 1.57. The van der Waals surface area contributed by atoms with Crippen LogP contribution in [0.1, 0.15) is 19.3 Å². The van der Waals surface area contributed by atoms with Crippen molar-refractivity contribution >= 4 is 5.91 Å². The minimum Gasteiger partial charge on any atom is -0.379 e. The number of ether oxygens (including phenoxy) is 1. The summed E-state index contributed by atoms with van der Waals surface area (Å²) in [6.45, 7) is 4.04. The Morgan fingerprint density at radius 2 is 1.88 bits per heavy atom. The van der Waals surface area contributed by atoms with Crippen molar-refractivity contribution in [2.75, 3.05) is 32.8 Å². The Morgan fingerprint density at radius 3 is 2.56 bits per heavy atom. The van der Waals surface area contributed by atoms with Gasteiger partial charge in [-0.15, -0.1) is 0 Å². The van der Waals surface area contributed by atoms with Crippen LogP contribution >= 0.6 is 0 Å². The Kier molecular flexibility index (Phi) is 2.83. The first-order valence-corrected chi connectivity index (χ1v) is 6.24. The Labute approximate surface area is 95.7 Å². The van der Waals surface area contributed by atoms with Gasteiger partial charge in [0.15, 0.2) is 0 Å². The lowest BCUT2D eigenvalue weighted by Gasteiger charge is -2.34. The molecule has 1 N–H and O–H groups in total. The van der Waals surface area contributed by atoms with Crippen molar-refractivity contribution in [3.8, 4) is 0 Å². The molecule has 2 saturated heterocycles. The van der Waals surface area contributed by atoms with Crippen LogP contribution in [0.2, 0.25) is 0 Å². The first-order valence-electron chi connectivity index (χ1n) is 6.24. The van der Waals surface area contributed by atoms with E-state index in [1.54, 1.807) is 0 Å². The molecule has 5 heteroatoms. The number of morpholine rings is 1. The number of nitrogens with one attached hydrogen (secondary N) is 1. The predicted octanol–water partition coefficient (Wildman–Crippen LogP) is -0.413. The maximum absolute atomic E-state index is 12.1. The largest absolute Gasteiger partial charge is 0.379 e. The molecule has 3 rings (SSSR count). The van der Waals surface area contributed by atoms with Gasteiger partial charge in [0.2, 0.25) is 0 Å². The second kappa shape index (κ2) is 4.31. The van der Waals surface area contributed by atoms with Crippen molar-refractivity contribution in [3.63, 3.8) is 0 Å². The minimum atomic E-state index is 0.0651. The molecule has 1 amide bonds. The average molecular weight is 225 g/mol. The van der Waals surface area contributed by atoms with Gasteiger partial charge in [0.05, 0.1) is 19.3 Å². The molecule has 1 unspecified atom stereocenters. The molecule has 0 spiro atoms. The molecule has 0 bridgehead atoms. The molecule has 16 heavy (non-hydrogen) atoms. The number of carbonyl (C=O) groups is 1. The number of hydrazine groups is 1. The van der Waals surface area contributed by atoms with Crippen LogP contribution in [0.25, 0.3) is 0 Å². The molecule has 0 aromatic carbocycles. The second-order valence-electron chi connectivity index (χ2n) is 4.81. The van der Waals surface area contributed by atoms with Crippen LogP contribution in [0.3, 0.4) is 0 Å². The molecule has 3 fully saturated rings. The van der Waals surface area contributed by atoms with E-state index in [2.05, 4.69) is 10.3 Å². The quantitative estimate of drug-likeness (QED) is 0.709. The van der Waals surface area contributed by atoms with Gasteiger partial charge in [0.1, 0.15) is 0 Å². The molecule has 2 aliphatic heterocycles. The zero-order valence-electron chi connectivity index (χ0n) is 9.52. The van der Waals surface area contributed by atoms with E-state index in [4.69, 9.17) is 4.74 Å². The topological polar surface area (TPSA) is 44.8 Å². The summed E-state index contributed by atoms with van der Waals surface area (Å²) in [7, 11) is 0. The van der Waals surface area contributed by atoms with Crippen LogP contribution in [-0.2, 0) is 9.53 Å². The van der Waals surface area contributed by atoms with Crippen molar-refractivity contribution in [3.05, 3.63) is 0 Å². The number of nitrogens with zero attached hydrogens (tertiary/aromatic N) is 2. The highest BCUT2D eigenvalue weighted by Crippen LogP contribution is 2.23. The highest BCUT2D eigenvalue weighted by molar-refractivity contribution is 5.83. The van der Waals surface area contributed by atoms with Gasteiger partial charge in [0, 0.05) is 25.7 Å². The molecule has 0 aromatic rings. The van der Waals surface area contributed by atoms with Crippen LogP contribution in [0.15, 0.2) is 0 Å². The Bertz CT molecular complexity index is 274. The summed E-state index contributed by atoms with van der Waals surface area (Å²) in [6.07, 6.45) is 3.43. The van der Waals surface area contributed by atoms with Gasteiger partial charge < -0.3 is 10.1 Å². The summed E-state index contributed by atoms with van der Waals surface area (Å²) in [4.78, 5) is 12.1. The lowest BCUT2D eigenvalue weighted by molar-refractivity contribution is -0.151. The van der Waals surface area contributed by atoms with Gasteiger partial charge in [-0.2, -0.15) is 0 Å². The van der Waals surface area contributed by atoms with E-state index in [0.29, 0.717) is 6.04 Å². The summed E-state index contributed by atoms with van der Waals surface area (Å²) < 4.78 is 5.30. The molecule has 1 atom stereocenters. The summed E-state index contributed by atoms with van der Waals surface area (Å²) >= 11 is 0. The van der Waals surface area contributed by atoms with Crippen molar-refractivity contribution in [1.82, 2.24) is 15.3 Å². The Hall–Kier alpha value is -0.650. The average Bonchev–Trinajstić information content (AvgIpc) is 3.06. The number of hydrogen-bond donors (Lipinski definition) is 1. The fourth-order valence-electron chi connectivity index (χ4n) is 2.43. The van der Waals surface area contributed by atoms with E-state index < -0.39 is 0 Å². The van der Waals surface area contributed by atoms with Crippen LogP contribution in [0.5, 0.6) is 0 Å². The SMILES string of the molecule is O=C1C(NC2CC2)CCN1N1CCOCC1. The highest BCUT2D eigenvalue weighted by Gasteiger charge is 2.38. The normalized spacial score (nSPS) is 32.4. The number of hydrogen-bond acceptors (Lipinski definition) is 4. The van der Waals surface area contributed by atoms with E-state index in [9.17, 15) is 4.79 Å². The van der Waals surface area contributed by atoms with Crippen LogP contribution in [-0.4, -0.2) is 60.9 Å². The van der Waals surface area contributed by atoms with Crippen molar-refractivity contribution in [1.29, 1.82) is 0 Å². The van der Waals surface area contributed by atoms with Gasteiger partial charge in [-0.05, 0) is 19.3 Å². The third kappa shape index (κ3) is 2.07. The van der Waals surface area contributed by atoms with Gasteiger partial charge in [-0.3, -0.25) is 9.80 Å².